The SMILES string of the molecule is CCOC(=O)N1CCC(CC(NC(=O)OC(C)(C)C)C(=O)OC)CC1. The van der Waals surface area contributed by atoms with E-state index in [-0.39, 0.29) is 12.0 Å². The van der Waals surface area contributed by atoms with Gasteiger partial charge in [-0.25, -0.2) is 14.4 Å². The van der Waals surface area contributed by atoms with Crippen molar-refractivity contribution in [2.45, 2.75) is 58.6 Å². The van der Waals surface area contributed by atoms with Crippen molar-refractivity contribution < 1.29 is 28.6 Å². The highest BCUT2D eigenvalue weighted by molar-refractivity contribution is 5.81. The van der Waals surface area contributed by atoms with Crippen molar-refractivity contribution in [3.05, 3.63) is 0 Å². The highest BCUT2D eigenvalue weighted by atomic mass is 16.6. The summed E-state index contributed by atoms with van der Waals surface area (Å²) >= 11 is 0. The Balaban J connectivity index is 2.55. The summed E-state index contributed by atoms with van der Waals surface area (Å²) in [7, 11) is 1.29. The second kappa shape index (κ2) is 9.48. The van der Waals surface area contributed by atoms with Gasteiger partial charge in [0.05, 0.1) is 13.7 Å². The third-order valence-corrected chi connectivity index (χ3v) is 3.89. The van der Waals surface area contributed by atoms with Crippen LogP contribution < -0.4 is 5.32 Å². The number of alkyl carbamates (subject to hydrolysis) is 1. The average Bonchev–Trinajstić information content (AvgIpc) is 2.52. The van der Waals surface area contributed by atoms with E-state index in [0.29, 0.717) is 26.1 Å². The summed E-state index contributed by atoms with van der Waals surface area (Å²) in [6.45, 7) is 8.53. The van der Waals surface area contributed by atoms with Crippen LogP contribution in [0.1, 0.15) is 47.0 Å². The number of methoxy groups -OCH3 is 1. The molecule has 0 aliphatic carbocycles. The second-order valence-corrected chi connectivity index (χ2v) is 7.09. The molecule has 1 aliphatic heterocycles. The number of piperidine rings is 1. The number of esters is 1. The Kier molecular flexibility index (Phi) is 7.99. The predicted octanol–water partition coefficient (Wildman–Crippen LogP) is 2.31. The van der Waals surface area contributed by atoms with Crippen molar-refractivity contribution in [1.29, 1.82) is 0 Å². The Hall–Kier alpha value is -1.99. The Bertz CT molecular complexity index is 466. The van der Waals surface area contributed by atoms with Crippen LogP contribution in [0.15, 0.2) is 0 Å². The van der Waals surface area contributed by atoms with Gasteiger partial charge in [0.1, 0.15) is 11.6 Å². The fourth-order valence-electron chi connectivity index (χ4n) is 2.71. The van der Waals surface area contributed by atoms with Crippen molar-refractivity contribution >= 4 is 18.2 Å². The van der Waals surface area contributed by atoms with Gasteiger partial charge < -0.3 is 24.4 Å². The van der Waals surface area contributed by atoms with Crippen LogP contribution in [-0.4, -0.2) is 61.5 Å². The van der Waals surface area contributed by atoms with Crippen LogP contribution in [0.5, 0.6) is 0 Å². The molecule has 1 saturated heterocycles. The van der Waals surface area contributed by atoms with Gasteiger partial charge in [0.15, 0.2) is 0 Å². The van der Waals surface area contributed by atoms with E-state index in [2.05, 4.69) is 5.32 Å². The molecule has 2 amide bonds. The van der Waals surface area contributed by atoms with Crippen LogP contribution in [0.25, 0.3) is 0 Å². The molecule has 0 spiro atoms. The third-order valence-electron chi connectivity index (χ3n) is 3.89. The molecule has 0 aromatic carbocycles. The van der Waals surface area contributed by atoms with E-state index in [9.17, 15) is 14.4 Å². The van der Waals surface area contributed by atoms with Gasteiger partial charge in [-0.05, 0) is 52.9 Å². The highest BCUT2D eigenvalue weighted by Crippen LogP contribution is 2.23. The van der Waals surface area contributed by atoms with Crippen molar-refractivity contribution in [2.75, 3.05) is 26.8 Å². The molecule has 8 heteroatoms. The molecule has 1 aliphatic rings. The molecule has 8 nitrogen and oxygen atoms in total. The van der Waals surface area contributed by atoms with Crippen LogP contribution in [-0.2, 0) is 19.0 Å². The molecule has 0 aromatic heterocycles. The molecule has 0 aromatic rings. The maximum absolute atomic E-state index is 12.0. The summed E-state index contributed by atoms with van der Waals surface area (Å²) in [6.07, 6.45) is 0.969. The Morgan fingerprint density at radius 2 is 1.80 bits per heavy atom. The van der Waals surface area contributed by atoms with E-state index in [4.69, 9.17) is 14.2 Å². The highest BCUT2D eigenvalue weighted by Gasteiger charge is 2.30. The summed E-state index contributed by atoms with van der Waals surface area (Å²) in [5.41, 5.74) is -0.643. The quantitative estimate of drug-likeness (QED) is 0.599. The predicted molar refractivity (Wildman–Crippen MR) is 91.1 cm³/mol. The first kappa shape index (κ1) is 21.1. The van der Waals surface area contributed by atoms with Crippen LogP contribution in [0.3, 0.4) is 0 Å². The van der Waals surface area contributed by atoms with E-state index in [1.807, 2.05) is 0 Å². The minimum atomic E-state index is -0.765. The molecule has 1 N–H and O–H groups in total. The van der Waals surface area contributed by atoms with E-state index in [1.165, 1.54) is 7.11 Å². The maximum atomic E-state index is 12.0. The number of carbonyl (C=O) groups excluding carboxylic acids is 3. The van der Waals surface area contributed by atoms with E-state index in [0.717, 1.165) is 12.8 Å². The van der Waals surface area contributed by atoms with Gasteiger partial charge in [0, 0.05) is 13.1 Å². The van der Waals surface area contributed by atoms with Gasteiger partial charge in [-0.1, -0.05) is 0 Å². The average molecular weight is 358 g/mol. The zero-order valence-corrected chi connectivity index (χ0v) is 15.8. The molecule has 0 radical (unpaired) electrons. The molecule has 144 valence electrons. The molecule has 1 unspecified atom stereocenters. The number of hydrogen-bond acceptors (Lipinski definition) is 6. The maximum Gasteiger partial charge on any atom is 0.409 e. The molecule has 25 heavy (non-hydrogen) atoms. The lowest BCUT2D eigenvalue weighted by Gasteiger charge is -2.32. The number of hydrogen-bond donors (Lipinski definition) is 1. The third kappa shape index (κ3) is 7.62. The van der Waals surface area contributed by atoms with Gasteiger partial charge in [0.2, 0.25) is 0 Å². The minimum absolute atomic E-state index is 0.199. The van der Waals surface area contributed by atoms with E-state index < -0.39 is 23.7 Å². The zero-order chi connectivity index (χ0) is 19.0. The summed E-state index contributed by atoms with van der Waals surface area (Å²) < 4.78 is 15.0. The van der Waals surface area contributed by atoms with Crippen LogP contribution >= 0.6 is 0 Å². The monoisotopic (exact) mass is 358 g/mol. The van der Waals surface area contributed by atoms with E-state index in [1.54, 1.807) is 32.6 Å². The Morgan fingerprint density at radius 1 is 1.20 bits per heavy atom. The molecule has 1 fully saturated rings. The fraction of sp³-hybridized carbons (Fsp3) is 0.824. The molecule has 1 rings (SSSR count). The van der Waals surface area contributed by atoms with Gasteiger partial charge >= 0.3 is 18.2 Å². The lowest BCUT2D eigenvalue weighted by atomic mass is 9.90. The van der Waals surface area contributed by atoms with Gasteiger partial charge in [-0.2, -0.15) is 0 Å². The van der Waals surface area contributed by atoms with Crippen molar-refractivity contribution in [1.82, 2.24) is 10.2 Å². The second-order valence-electron chi connectivity index (χ2n) is 7.09. The topological polar surface area (TPSA) is 94.2 Å². The first-order valence-corrected chi connectivity index (χ1v) is 8.65. The molecular weight excluding hydrogens is 328 g/mol. The number of nitrogens with zero attached hydrogens (tertiary/aromatic N) is 1. The van der Waals surface area contributed by atoms with Gasteiger partial charge in [-0.3, -0.25) is 0 Å². The molecule has 1 heterocycles. The lowest BCUT2D eigenvalue weighted by molar-refractivity contribution is -0.143. The number of carbonyl (C=O) groups is 3. The zero-order valence-electron chi connectivity index (χ0n) is 15.8. The number of ether oxygens (including phenoxy) is 3. The summed E-state index contributed by atoms with van der Waals surface area (Å²) in [5.74, 6) is -0.302. The number of nitrogens with one attached hydrogen (secondary N) is 1. The van der Waals surface area contributed by atoms with Crippen molar-refractivity contribution in [2.24, 2.45) is 5.92 Å². The number of amides is 2. The Labute approximate surface area is 149 Å². The summed E-state index contributed by atoms with van der Waals surface area (Å²) in [4.78, 5) is 37.3. The number of likely N-dealkylation sites (tertiary alicyclic amines) is 1. The van der Waals surface area contributed by atoms with E-state index >= 15 is 0 Å². The largest absolute Gasteiger partial charge is 0.467 e. The first-order chi connectivity index (χ1) is 11.7. The summed E-state index contributed by atoms with van der Waals surface area (Å²) in [5, 5.41) is 2.58. The van der Waals surface area contributed by atoms with Crippen LogP contribution in [0.2, 0.25) is 0 Å². The lowest BCUT2D eigenvalue weighted by Crippen LogP contribution is -2.46. The molecular formula is C17H30N2O6. The molecule has 1 atom stereocenters. The normalized spacial score (nSPS) is 16.8. The Morgan fingerprint density at radius 3 is 2.28 bits per heavy atom. The summed E-state index contributed by atoms with van der Waals surface area (Å²) in [6, 6.07) is -0.765. The van der Waals surface area contributed by atoms with Gasteiger partial charge in [0.25, 0.3) is 0 Å². The van der Waals surface area contributed by atoms with Crippen molar-refractivity contribution in [3.63, 3.8) is 0 Å². The minimum Gasteiger partial charge on any atom is -0.467 e. The van der Waals surface area contributed by atoms with Crippen LogP contribution in [0.4, 0.5) is 9.59 Å². The molecule has 0 saturated carbocycles. The van der Waals surface area contributed by atoms with Crippen LogP contribution in [0, 0.1) is 5.92 Å². The van der Waals surface area contributed by atoms with Crippen molar-refractivity contribution in [3.8, 4) is 0 Å². The fourth-order valence-corrected chi connectivity index (χ4v) is 2.71. The standard InChI is InChI=1S/C17H30N2O6/c1-6-24-16(22)19-9-7-12(8-10-19)11-13(14(20)23-5)18-15(21)25-17(2,3)4/h12-13H,6-11H2,1-5H3,(H,18,21). The molecule has 0 bridgehead atoms. The smallest absolute Gasteiger partial charge is 0.409 e. The number of rotatable bonds is 5. The first-order valence-electron chi connectivity index (χ1n) is 8.65. The van der Waals surface area contributed by atoms with Gasteiger partial charge in [-0.15, -0.1) is 0 Å².